The van der Waals surface area contributed by atoms with Crippen LogP contribution < -0.4 is 0 Å². The lowest BCUT2D eigenvalue weighted by molar-refractivity contribution is 0.102. The van der Waals surface area contributed by atoms with Crippen LogP contribution in [0.1, 0.15) is 33.3 Å². The van der Waals surface area contributed by atoms with E-state index in [1.54, 1.807) is 18.3 Å². The summed E-state index contributed by atoms with van der Waals surface area (Å²) < 4.78 is 0. The number of benzene rings is 1. The lowest BCUT2D eigenvalue weighted by Gasteiger charge is -2.06. The Hall–Kier alpha value is -1.41. The normalized spacial score (nSPS) is 10.6. The zero-order valence-electron chi connectivity index (χ0n) is 10.6. The van der Waals surface area contributed by atoms with Crippen molar-refractivity contribution in [1.29, 1.82) is 0 Å². The van der Waals surface area contributed by atoms with Crippen LogP contribution in [0.15, 0.2) is 24.3 Å². The number of hydrogen-bond acceptors (Lipinski definition) is 2. The maximum absolute atomic E-state index is 11.4. The van der Waals surface area contributed by atoms with Crippen LogP contribution >= 0.6 is 11.3 Å². The number of thiophene rings is 1. The highest BCUT2D eigenvalue weighted by Gasteiger charge is 2.12. The first kappa shape index (κ1) is 12.1. The van der Waals surface area contributed by atoms with E-state index in [1.807, 2.05) is 6.07 Å². The molecule has 1 aromatic carbocycles. The molecule has 17 heavy (non-hydrogen) atoms. The van der Waals surface area contributed by atoms with Gasteiger partial charge in [-0.2, -0.15) is 0 Å². The second-order valence-electron chi connectivity index (χ2n) is 4.50. The monoisotopic (exact) mass is 244 g/mol. The minimum Gasteiger partial charge on any atom is -0.294 e. The Labute approximate surface area is 106 Å². The average Bonchev–Trinajstić information content (AvgIpc) is 2.64. The first-order valence-corrected chi connectivity index (χ1v) is 6.49. The predicted molar refractivity (Wildman–Crippen MR) is 74.0 cm³/mol. The van der Waals surface area contributed by atoms with Gasteiger partial charge >= 0.3 is 0 Å². The summed E-state index contributed by atoms with van der Waals surface area (Å²) >= 11 is 1.59. The third-order valence-electron chi connectivity index (χ3n) is 2.90. The van der Waals surface area contributed by atoms with E-state index in [0.717, 1.165) is 4.88 Å². The summed E-state index contributed by atoms with van der Waals surface area (Å²) in [4.78, 5) is 13.5. The van der Waals surface area contributed by atoms with Crippen molar-refractivity contribution in [3.63, 3.8) is 0 Å². The van der Waals surface area contributed by atoms with Crippen LogP contribution in [0.4, 0.5) is 0 Å². The Kier molecular flexibility index (Phi) is 3.16. The van der Waals surface area contributed by atoms with E-state index < -0.39 is 0 Å². The van der Waals surface area contributed by atoms with Crippen LogP contribution in [0.2, 0.25) is 0 Å². The summed E-state index contributed by atoms with van der Waals surface area (Å²) in [7, 11) is 0. The van der Waals surface area contributed by atoms with Gasteiger partial charge < -0.3 is 0 Å². The largest absolute Gasteiger partial charge is 0.294 e. The molecule has 2 heteroatoms. The number of ketones is 1. The van der Waals surface area contributed by atoms with Crippen LogP contribution in [-0.2, 0) is 0 Å². The van der Waals surface area contributed by atoms with Gasteiger partial charge in [-0.1, -0.05) is 23.8 Å². The Morgan fingerprint density at radius 1 is 1.06 bits per heavy atom. The van der Waals surface area contributed by atoms with Gasteiger partial charge in [0.1, 0.15) is 0 Å². The standard InChI is InChI=1S/C15H16OS/c1-9-5-6-10(2)13(7-9)15-11(3)8-14(17-15)12(4)16/h5-8H,1-4H3. The second kappa shape index (κ2) is 4.46. The number of rotatable bonds is 2. The van der Waals surface area contributed by atoms with Gasteiger partial charge in [-0.05, 0) is 50.5 Å². The summed E-state index contributed by atoms with van der Waals surface area (Å²) in [6, 6.07) is 8.44. The number of carbonyl (C=O) groups excluding carboxylic acids is 1. The van der Waals surface area contributed by atoms with Crippen molar-refractivity contribution in [3.05, 3.63) is 45.8 Å². The maximum atomic E-state index is 11.4. The van der Waals surface area contributed by atoms with E-state index in [-0.39, 0.29) is 5.78 Å². The molecule has 0 saturated carbocycles. The van der Waals surface area contributed by atoms with Crippen molar-refractivity contribution in [2.45, 2.75) is 27.7 Å². The lowest BCUT2D eigenvalue weighted by atomic mass is 10.0. The highest BCUT2D eigenvalue weighted by Crippen LogP contribution is 2.35. The fourth-order valence-electron chi connectivity index (χ4n) is 1.90. The van der Waals surface area contributed by atoms with Gasteiger partial charge in [0, 0.05) is 4.88 Å². The van der Waals surface area contributed by atoms with E-state index in [1.165, 1.54) is 27.1 Å². The molecule has 0 atom stereocenters. The quantitative estimate of drug-likeness (QED) is 0.709. The SMILES string of the molecule is CC(=O)c1cc(C)c(-c2cc(C)ccc2C)s1. The van der Waals surface area contributed by atoms with E-state index in [4.69, 9.17) is 0 Å². The van der Waals surface area contributed by atoms with E-state index in [2.05, 4.69) is 39.0 Å². The zero-order chi connectivity index (χ0) is 12.6. The van der Waals surface area contributed by atoms with Gasteiger partial charge in [0.15, 0.2) is 5.78 Å². The van der Waals surface area contributed by atoms with Gasteiger partial charge in [-0.3, -0.25) is 4.79 Å². The molecule has 0 spiro atoms. The highest BCUT2D eigenvalue weighted by atomic mass is 32.1. The number of carbonyl (C=O) groups is 1. The van der Waals surface area contributed by atoms with Gasteiger partial charge in [-0.25, -0.2) is 0 Å². The summed E-state index contributed by atoms with van der Waals surface area (Å²) in [6.45, 7) is 7.90. The van der Waals surface area contributed by atoms with Crippen molar-refractivity contribution in [2.75, 3.05) is 0 Å². The lowest BCUT2D eigenvalue weighted by Crippen LogP contribution is -1.84. The van der Waals surface area contributed by atoms with Crippen molar-refractivity contribution < 1.29 is 4.79 Å². The molecular weight excluding hydrogens is 228 g/mol. The fraction of sp³-hybridized carbons (Fsp3) is 0.267. The minimum absolute atomic E-state index is 0.148. The molecule has 1 heterocycles. The fourth-order valence-corrected chi connectivity index (χ4v) is 3.05. The Bertz CT molecular complexity index is 579. The third-order valence-corrected chi connectivity index (χ3v) is 4.27. The molecular formula is C15H16OS. The molecule has 0 unspecified atom stereocenters. The van der Waals surface area contributed by atoms with Crippen LogP contribution in [0.3, 0.4) is 0 Å². The Morgan fingerprint density at radius 2 is 1.76 bits per heavy atom. The van der Waals surface area contributed by atoms with Gasteiger partial charge in [0.2, 0.25) is 0 Å². The molecule has 0 saturated heterocycles. The summed E-state index contributed by atoms with van der Waals surface area (Å²) in [5.41, 5.74) is 4.95. The molecule has 0 amide bonds. The zero-order valence-corrected chi connectivity index (χ0v) is 11.4. The minimum atomic E-state index is 0.148. The molecule has 0 aliphatic heterocycles. The van der Waals surface area contributed by atoms with Gasteiger partial charge in [0.05, 0.1) is 4.88 Å². The first-order chi connectivity index (χ1) is 7.99. The summed E-state index contributed by atoms with van der Waals surface area (Å²) in [6.07, 6.45) is 0. The molecule has 1 aromatic heterocycles. The number of Topliss-reactive ketones (excluding diaryl/α,β-unsaturated/α-hetero) is 1. The average molecular weight is 244 g/mol. The molecule has 1 nitrogen and oxygen atoms in total. The van der Waals surface area contributed by atoms with Crippen molar-refractivity contribution in [3.8, 4) is 10.4 Å². The number of hydrogen-bond donors (Lipinski definition) is 0. The Balaban J connectivity index is 2.60. The smallest absolute Gasteiger partial charge is 0.169 e. The van der Waals surface area contributed by atoms with E-state index >= 15 is 0 Å². The van der Waals surface area contributed by atoms with Gasteiger partial charge in [0.25, 0.3) is 0 Å². The van der Waals surface area contributed by atoms with Gasteiger partial charge in [-0.15, -0.1) is 11.3 Å². The molecule has 0 N–H and O–H groups in total. The summed E-state index contributed by atoms with van der Waals surface area (Å²) in [5, 5.41) is 0. The molecule has 0 radical (unpaired) electrons. The third kappa shape index (κ3) is 2.32. The molecule has 0 aliphatic carbocycles. The van der Waals surface area contributed by atoms with Crippen molar-refractivity contribution in [2.24, 2.45) is 0 Å². The molecule has 2 rings (SSSR count). The van der Waals surface area contributed by atoms with Crippen LogP contribution in [-0.4, -0.2) is 5.78 Å². The highest BCUT2D eigenvalue weighted by molar-refractivity contribution is 7.17. The molecule has 0 bridgehead atoms. The molecule has 88 valence electrons. The van der Waals surface area contributed by atoms with Crippen molar-refractivity contribution in [1.82, 2.24) is 0 Å². The number of aryl methyl sites for hydroxylation is 3. The van der Waals surface area contributed by atoms with Crippen molar-refractivity contribution >= 4 is 17.1 Å². The topological polar surface area (TPSA) is 17.1 Å². The summed E-state index contributed by atoms with van der Waals surface area (Å²) in [5.74, 6) is 0.148. The second-order valence-corrected chi connectivity index (χ2v) is 5.55. The van der Waals surface area contributed by atoms with E-state index in [0.29, 0.717) is 0 Å². The van der Waals surface area contributed by atoms with Crippen LogP contribution in [0, 0.1) is 20.8 Å². The molecule has 2 aromatic rings. The first-order valence-electron chi connectivity index (χ1n) is 5.68. The van der Waals surface area contributed by atoms with Crippen LogP contribution in [0.5, 0.6) is 0 Å². The van der Waals surface area contributed by atoms with Crippen LogP contribution in [0.25, 0.3) is 10.4 Å². The predicted octanol–water partition coefficient (Wildman–Crippen LogP) is 4.54. The molecule has 0 fully saturated rings. The molecule has 0 aliphatic rings. The Morgan fingerprint density at radius 3 is 2.35 bits per heavy atom. The van der Waals surface area contributed by atoms with E-state index in [9.17, 15) is 4.79 Å². The maximum Gasteiger partial charge on any atom is 0.169 e.